The molecule has 0 heterocycles. The Labute approximate surface area is 104 Å². The second-order valence-electron chi connectivity index (χ2n) is 3.98. The lowest BCUT2D eigenvalue weighted by Gasteiger charge is -2.31. The van der Waals surface area contributed by atoms with Crippen molar-refractivity contribution >= 4 is 0 Å². The molecule has 0 aromatic heterocycles. The van der Waals surface area contributed by atoms with Gasteiger partial charge in [-0.3, -0.25) is 0 Å². The lowest BCUT2D eigenvalue weighted by atomic mass is 9.88. The molecule has 100 valence electrons. The minimum absolute atomic E-state index is 0.147. The molecule has 0 aromatic carbocycles. The van der Waals surface area contributed by atoms with E-state index in [0.29, 0.717) is 33.0 Å². The van der Waals surface area contributed by atoms with E-state index in [4.69, 9.17) is 19.9 Å². The highest BCUT2D eigenvalue weighted by molar-refractivity contribution is 4.79. The zero-order valence-corrected chi connectivity index (χ0v) is 10.8. The molecule has 0 atom stereocenters. The largest absolute Gasteiger partial charge is 0.377 e. The first-order chi connectivity index (χ1) is 8.24. The summed E-state index contributed by atoms with van der Waals surface area (Å²) in [6.07, 6.45) is 4.37. The van der Waals surface area contributed by atoms with E-state index in [9.17, 15) is 0 Å². The first-order valence-corrected chi connectivity index (χ1v) is 5.89. The summed E-state index contributed by atoms with van der Waals surface area (Å²) in [7, 11) is 0. The third-order valence-corrected chi connectivity index (χ3v) is 2.56. The van der Waals surface area contributed by atoms with Crippen LogP contribution in [0.2, 0.25) is 0 Å². The van der Waals surface area contributed by atoms with Crippen molar-refractivity contribution in [2.24, 2.45) is 11.1 Å². The molecule has 0 bridgehead atoms. The molecule has 2 N–H and O–H groups in total. The van der Waals surface area contributed by atoms with Crippen LogP contribution in [0, 0.1) is 5.41 Å². The van der Waals surface area contributed by atoms with Crippen LogP contribution in [0.15, 0.2) is 25.3 Å². The summed E-state index contributed by atoms with van der Waals surface area (Å²) in [6.45, 7) is 12.3. The predicted octanol–water partition coefficient (Wildman–Crippen LogP) is 1.72. The molecule has 0 aromatic rings. The van der Waals surface area contributed by atoms with Crippen LogP contribution in [0.25, 0.3) is 0 Å². The molecule has 17 heavy (non-hydrogen) atoms. The molecule has 0 fully saturated rings. The van der Waals surface area contributed by atoms with E-state index in [1.54, 1.807) is 12.2 Å². The lowest BCUT2D eigenvalue weighted by molar-refractivity contribution is -0.0622. The second kappa shape index (κ2) is 10.5. The lowest BCUT2D eigenvalue weighted by Crippen LogP contribution is -2.37. The molecular formula is C13H25NO3. The van der Waals surface area contributed by atoms with E-state index in [1.807, 2.05) is 0 Å². The van der Waals surface area contributed by atoms with Crippen molar-refractivity contribution in [1.29, 1.82) is 0 Å². The summed E-state index contributed by atoms with van der Waals surface area (Å²) in [5, 5.41) is 0. The Morgan fingerprint density at radius 3 is 1.82 bits per heavy atom. The number of rotatable bonds is 12. The van der Waals surface area contributed by atoms with Gasteiger partial charge in [0, 0.05) is 5.41 Å². The topological polar surface area (TPSA) is 53.7 Å². The van der Waals surface area contributed by atoms with Gasteiger partial charge in [0.25, 0.3) is 0 Å². The van der Waals surface area contributed by atoms with Crippen molar-refractivity contribution in [3.63, 3.8) is 0 Å². The van der Waals surface area contributed by atoms with E-state index < -0.39 is 0 Å². The fraction of sp³-hybridized carbons (Fsp3) is 0.692. The second-order valence-corrected chi connectivity index (χ2v) is 3.98. The van der Waals surface area contributed by atoms with Crippen molar-refractivity contribution in [2.75, 3.05) is 39.8 Å². The van der Waals surface area contributed by atoms with E-state index in [2.05, 4.69) is 20.1 Å². The van der Waals surface area contributed by atoms with E-state index >= 15 is 0 Å². The van der Waals surface area contributed by atoms with Gasteiger partial charge in [0.15, 0.2) is 0 Å². The summed E-state index contributed by atoms with van der Waals surface area (Å²) in [5.41, 5.74) is 5.22. The van der Waals surface area contributed by atoms with Crippen LogP contribution in [0.5, 0.6) is 0 Å². The quantitative estimate of drug-likeness (QED) is 0.322. The van der Waals surface area contributed by atoms with Crippen molar-refractivity contribution in [3.8, 4) is 0 Å². The fourth-order valence-corrected chi connectivity index (χ4v) is 1.42. The minimum atomic E-state index is -0.147. The van der Waals surface area contributed by atoms with Crippen LogP contribution in [0.1, 0.15) is 13.3 Å². The SMILES string of the molecule is C=CCOCC(CC)(COCN)COCC=C. The maximum Gasteiger partial charge on any atom is 0.0940 e. The van der Waals surface area contributed by atoms with Gasteiger partial charge in [-0.15, -0.1) is 13.2 Å². The average Bonchev–Trinajstić information content (AvgIpc) is 2.36. The highest BCUT2D eigenvalue weighted by atomic mass is 16.5. The number of hydrogen-bond acceptors (Lipinski definition) is 4. The molecule has 4 nitrogen and oxygen atoms in total. The molecule has 0 radical (unpaired) electrons. The summed E-state index contributed by atoms with van der Waals surface area (Å²) < 4.78 is 16.4. The third kappa shape index (κ3) is 7.28. The normalized spacial score (nSPS) is 11.4. The molecule has 0 aliphatic heterocycles. The number of ether oxygens (including phenoxy) is 3. The van der Waals surface area contributed by atoms with Crippen molar-refractivity contribution in [1.82, 2.24) is 0 Å². The minimum Gasteiger partial charge on any atom is -0.377 e. The Morgan fingerprint density at radius 1 is 1.00 bits per heavy atom. The van der Waals surface area contributed by atoms with Gasteiger partial charge in [-0.1, -0.05) is 19.1 Å². The molecule has 0 aliphatic carbocycles. The average molecular weight is 243 g/mol. The van der Waals surface area contributed by atoms with Crippen molar-refractivity contribution in [2.45, 2.75) is 13.3 Å². The third-order valence-electron chi connectivity index (χ3n) is 2.56. The first-order valence-electron chi connectivity index (χ1n) is 5.89. The number of nitrogens with two attached hydrogens (primary N) is 1. The smallest absolute Gasteiger partial charge is 0.0940 e. The van der Waals surface area contributed by atoms with Crippen LogP contribution < -0.4 is 5.73 Å². The van der Waals surface area contributed by atoms with Crippen LogP contribution >= 0.6 is 0 Å². The first kappa shape index (κ1) is 16.3. The monoisotopic (exact) mass is 243 g/mol. The Morgan fingerprint density at radius 2 is 1.47 bits per heavy atom. The Hall–Kier alpha value is -0.680. The zero-order chi connectivity index (χ0) is 13.0. The van der Waals surface area contributed by atoms with E-state index in [1.165, 1.54) is 0 Å². The maximum absolute atomic E-state index is 5.52. The molecular weight excluding hydrogens is 218 g/mol. The molecule has 4 heteroatoms. The van der Waals surface area contributed by atoms with Gasteiger partial charge in [-0.2, -0.15) is 0 Å². The molecule has 0 saturated heterocycles. The highest BCUT2D eigenvalue weighted by Gasteiger charge is 2.29. The molecule has 0 unspecified atom stereocenters. The Bertz CT molecular complexity index is 193. The van der Waals surface area contributed by atoms with Crippen LogP contribution in [0.3, 0.4) is 0 Å². The number of hydrogen-bond donors (Lipinski definition) is 1. The molecule has 0 rings (SSSR count). The maximum atomic E-state index is 5.52. The Balaban J connectivity index is 4.26. The van der Waals surface area contributed by atoms with Crippen LogP contribution in [0.4, 0.5) is 0 Å². The van der Waals surface area contributed by atoms with E-state index in [0.717, 1.165) is 6.42 Å². The van der Waals surface area contributed by atoms with Gasteiger partial charge in [0.05, 0.1) is 39.8 Å². The zero-order valence-electron chi connectivity index (χ0n) is 10.8. The summed E-state index contributed by atoms with van der Waals surface area (Å²) in [5.74, 6) is 0. The van der Waals surface area contributed by atoms with E-state index in [-0.39, 0.29) is 12.1 Å². The van der Waals surface area contributed by atoms with Crippen molar-refractivity contribution in [3.05, 3.63) is 25.3 Å². The molecule has 0 amide bonds. The summed E-state index contributed by atoms with van der Waals surface area (Å²) >= 11 is 0. The molecule has 0 saturated carbocycles. The van der Waals surface area contributed by atoms with Gasteiger partial charge in [-0.05, 0) is 6.42 Å². The predicted molar refractivity (Wildman–Crippen MR) is 69.8 cm³/mol. The van der Waals surface area contributed by atoms with Gasteiger partial charge < -0.3 is 19.9 Å². The highest BCUT2D eigenvalue weighted by Crippen LogP contribution is 2.23. The molecule has 0 aliphatic rings. The standard InChI is InChI=1S/C13H25NO3/c1-4-7-15-9-13(6-3,11-17-12-14)10-16-8-5-2/h4-5H,1-2,6-12,14H2,3H3. The van der Waals surface area contributed by atoms with Gasteiger partial charge >= 0.3 is 0 Å². The summed E-state index contributed by atoms with van der Waals surface area (Å²) in [6, 6.07) is 0. The molecule has 0 spiro atoms. The van der Waals surface area contributed by atoms with Gasteiger partial charge in [-0.25, -0.2) is 0 Å². The fourth-order valence-electron chi connectivity index (χ4n) is 1.42. The van der Waals surface area contributed by atoms with Crippen molar-refractivity contribution < 1.29 is 14.2 Å². The van der Waals surface area contributed by atoms with Gasteiger partial charge in [0.2, 0.25) is 0 Å². The van der Waals surface area contributed by atoms with Gasteiger partial charge in [0.1, 0.15) is 0 Å². The Kier molecular flexibility index (Phi) is 10.1. The summed E-state index contributed by atoms with van der Waals surface area (Å²) in [4.78, 5) is 0. The van der Waals surface area contributed by atoms with Crippen LogP contribution in [-0.2, 0) is 14.2 Å². The van der Waals surface area contributed by atoms with Crippen LogP contribution in [-0.4, -0.2) is 39.8 Å².